The molecular weight excluding hydrogens is 440 g/mol. The highest BCUT2D eigenvalue weighted by Gasteiger charge is 2.37. The van der Waals surface area contributed by atoms with Gasteiger partial charge in [-0.3, -0.25) is 4.79 Å². The third-order valence-corrected chi connectivity index (χ3v) is 6.72. The van der Waals surface area contributed by atoms with Crippen LogP contribution in [0, 0.1) is 0 Å². The summed E-state index contributed by atoms with van der Waals surface area (Å²) in [6.45, 7) is 2.60. The van der Waals surface area contributed by atoms with Gasteiger partial charge in [0.25, 0.3) is 0 Å². The molecule has 1 heterocycles. The predicted molar refractivity (Wildman–Crippen MR) is 138 cm³/mol. The van der Waals surface area contributed by atoms with Crippen LogP contribution < -0.4 is 24.8 Å². The number of benzene rings is 3. The fourth-order valence-corrected chi connectivity index (χ4v) is 5.03. The van der Waals surface area contributed by atoms with Gasteiger partial charge in [0.05, 0.1) is 38.2 Å². The number of para-hydroxylation sites is 2. The quantitative estimate of drug-likeness (QED) is 0.455. The van der Waals surface area contributed by atoms with E-state index in [0.717, 1.165) is 45.9 Å². The van der Waals surface area contributed by atoms with Crippen molar-refractivity contribution in [1.29, 1.82) is 0 Å². The number of carbonyl (C=O) groups is 1. The van der Waals surface area contributed by atoms with Crippen molar-refractivity contribution in [2.75, 3.05) is 31.5 Å². The van der Waals surface area contributed by atoms with Crippen LogP contribution in [0.1, 0.15) is 42.9 Å². The minimum Gasteiger partial charge on any atom is -0.497 e. The second-order valence-corrected chi connectivity index (χ2v) is 8.78. The van der Waals surface area contributed by atoms with Crippen molar-refractivity contribution in [2.24, 2.45) is 0 Å². The number of fused-ring (bicyclic) bond motifs is 1. The molecular formula is C29H30N2O4. The largest absolute Gasteiger partial charge is 0.497 e. The van der Waals surface area contributed by atoms with Gasteiger partial charge in [-0.2, -0.15) is 0 Å². The Labute approximate surface area is 205 Å². The monoisotopic (exact) mass is 470 g/mol. The summed E-state index contributed by atoms with van der Waals surface area (Å²) in [4.78, 5) is 13.8. The fourth-order valence-electron chi connectivity index (χ4n) is 5.03. The molecule has 2 unspecified atom stereocenters. The van der Waals surface area contributed by atoms with Gasteiger partial charge in [-0.15, -0.1) is 0 Å². The van der Waals surface area contributed by atoms with Crippen molar-refractivity contribution in [2.45, 2.75) is 31.7 Å². The van der Waals surface area contributed by atoms with Crippen LogP contribution in [0.3, 0.4) is 0 Å². The van der Waals surface area contributed by atoms with E-state index in [4.69, 9.17) is 14.2 Å². The molecule has 3 aromatic rings. The van der Waals surface area contributed by atoms with Gasteiger partial charge in [-0.05, 0) is 67.3 Å². The van der Waals surface area contributed by atoms with Crippen LogP contribution in [-0.4, -0.2) is 26.6 Å². The molecule has 0 saturated carbocycles. The van der Waals surface area contributed by atoms with Crippen LogP contribution in [0.4, 0.5) is 11.4 Å². The molecule has 1 aliphatic heterocycles. The number of methoxy groups -OCH3 is 2. The molecule has 0 saturated heterocycles. The summed E-state index contributed by atoms with van der Waals surface area (Å²) in [7, 11) is 3.29. The lowest BCUT2D eigenvalue weighted by Gasteiger charge is -2.30. The molecule has 35 heavy (non-hydrogen) atoms. The van der Waals surface area contributed by atoms with Gasteiger partial charge < -0.3 is 24.8 Å². The second kappa shape index (κ2) is 9.74. The summed E-state index contributed by atoms with van der Waals surface area (Å²) in [5.41, 5.74) is 5.57. The van der Waals surface area contributed by atoms with E-state index in [-0.39, 0.29) is 17.7 Å². The number of allylic oxidation sites excluding steroid dienone is 1. The molecule has 6 heteroatoms. The SMILES string of the molecule is CCOc1ccc(C2CC(=O)C3=C(C2)Nc2ccccc2NC3c2cc(OC)ccc2OC)cc1. The molecule has 0 fully saturated rings. The van der Waals surface area contributed by atoms with Gasteiger partial charge in [0, 0.05) is 23.3 Å². The second-order valence-electron chi connectivity index (χ2n) is 8.78. The number of ketones is 1. The van der Waals surface area contributed by atoms with Crippen molar-refractivity contribution in [1.82, 2.24) is 0 Å². The van der Waals surface area contributed by atoms with Crippen LogP contribution >= 0.6 is 0 Å². The van der Waals surface area contributed by atoms with Crippen molar-refractivity contribution in [3.8, 4) is 17.2 Å². The van der Waals surface area contributed by atoms with Crippen molar-refractivity contribution in [3.63, 3.8) is 0 Å². The number of ether oxygens (including phenoxy) is 3. The molecule has 1 aliphatic carbocycles. The number of hydrogen-bond acceptors (Lipinski definition) is 6. The highest BCUT2D eigenvalue weighted by molar-refractivity contribution is 6.01. The van der Waals surface area contributed by atoms with Crippen LogP contribution in [-0.2, 0) is 4.79 Å². The number of anilines is 2. The molecule has 0 radical (unpaired) electrons. The molecule has 2 atom stereocenters. The van der Waals surface area contributed by atoms with Crippen LogP contribution in [0.25, 0.3) is 0 Å². The molecule has 2 N–H and O–H groups in total. The Kier molecular flexibility index (Phi) is 6.36. The molecule has 0 aromatic heterocycles. The molecule has 0 bridgehead atoms. The summed E-state index contributed by atoms with van der Waals surface area (Å²) in [6.07, 6.45) is 1.17. The van der Waals surface area contributed by atoms with Gasteiger partial charge in [0.2, 0.25) is 0 Å². The molecule has 5 rings (SSSR count). The third-order valence-electron chi connectivity index (χ3n) is 6.72. The van der Waals surface area contributed by atoms with Crippen molar-refractivity contribution in [3.05, 3.63) is 89.1 Å². The fraction of sp³-hybridized carbons (Fsp3) is 0.276. The van der Waals surface area contributed by atoms with Crippen LogP contribution in [0.5, 0.6) is 17.2 Å². The first-order valence-electron chi connectivity index (χ1n) is 11.9. The average Bonchev–Trinajstić information content (AvgIpc) is 3.06. The van der Waals surface area contributed by atoms with E-state index in [1.807, 2.05) is 61.5 Å². The Morgan fingerprint density at radius 2 is 1.63 bits per heavy atom. The lowest BCUT2D eigenvalue weighted by atomic mass is 9.78. The van der Waals surface area contributed by atoms with Crippen LogP contribution in [0.2, 0.25) is 0 Å². The number of carbonyl (C=O) groups excluding carboxylic acids is 1. The highest BCUT2D eigenvalue weighted by Crippen LogP contribution is 2.46. The summed E-state index contributed by atoms with van der Waals surface area (Å²) in [5, 5.41) is 7.20. The van der Waals surface area contributed by atoms with E-state index in [0.29, 0.717) is 24.5 Å². The minimum absolute atomic E-state index is 0.0857. The topological polar surface area (TPSA) is 68.8 Å². The number of Topliss-reactive ketones (excluding diaryl/α,β-unsaturated/α-hetero) is 1. The first-order valence-corrected chi connectivity index (χ1v) is 11.9. The van der Waals surface area contributed by atoms with Gasteiger partial charge in [-0.1, -0.05) is 24.3 Å². The molecule has 180 valence electrons. The molecule has 2 aliphatic rings. The highest BCUT2D eigenvalue weighted by atomic mass is 16.5. The maximum absolute atomic E-state index is 13.8. The summed E-state index contributed by atoms with van der Waals surface area (Å²) >= 11 is 0. The Bertz CT molecular complexity index is 1270. The van der Waals surface area contributed by atoms with E-state index in [1.165, 1.54) is 0 Å². The number of rotatable bonds is 6. The maximum Gasteiger partial charge on any atom is 0.163 e. The molecule has 0 spiro atoms. The first kappa shape index (κ1) is 22.8. The molecule has 0 amide bonds. The zero-order valence-electron chi connectivity index (χ0n) is 20.3. The predicted octanol–water partition coefficient (Wildman–Crippen LogP) is 6.08. The Morgan fingerprint density at radius 1 is 0.886 bits per heavy atom. The standard InChI is InChI=1S/C29H30N2O4/c1-4-35-20-11-9-18(10-12-20)19-15-25-28(26(32)16-19)29(31-24-8-6-5-7-23(24)30-25)22-17-21(33-2)13-14-27(22)34-3/h5-14,17,19,29-31H,4,15-16H2,1-3H3. The number of hydrogen-bond donors (Lipinski definition) is 2. The summed E-state index contributed by atoms with van der Waals surface area (Å²) in [6, 6.07) is 21.5. The van der Waals surface area contributed by atoms with Crippen LogP contribution in [0.15, 0.2) is 78.0 Å². The Balaban J connectivity index is 1.59. The van der Waals surface area contributed by atoms with E-state index in [1.54, 1.807) is 14.2 Å². The minimum atomic E-state index is -0.375. The molecule has 3 aromatic carbocycles. The van der Waals surface area contributed by atoms with Gasteiger partial charge >= 0.3 is 0 Å². The normalized spacial score (nSPS) is 19.0. The Hall–Kier alpha value is -3.93. The van der Waals surface area contributed by atoms with Gasteiger partial charge in [0.15, 0.2) is 5.78 Å². The van der Waals surface area contributed by atoms with Gasteiger partial charge in [-0.25, -0.2) is 0 Å². The first-order chi connectivity index (χ1) is 17.1. The van der Waals surface area contributed by atoms with Gasteiger partial charge in [0.1, 0.15) is 17.2 Å². The Morgan fingerprint density at radius 3 is 2.34 bits per heavy atom. The lowest BCUT2D eigenvalue weighted by molar-refractivity contribution is -0.116. The average molecular weight is 471 g/mol. The zero-order chi connectivity index (χ0) is 24.4. The maximum atomic E-state index is 13.8. The number of nitrogens with one attached hydrogen (secondary N) is 2. The van der Waals surface area contributed by atoms with E-state index in [2.05, 4.69) is 22.8 Å². The van der Waals surface area contributed by atoms with Crippen molar-refractivity contribution >= 4 is 17.2 Å². The summed E-state index contributed by atoms with van der Waals surface area (Å²) in [5.74, 6) is 2.46. The summed E-state index contributed by atoms with van der Waals surface area (Å²) < 4.78 is 16.8. The van der Waals surface area contributed by atoms with Crippen molar-refractivity contribution < 1.29 is 19.0 Å². The van der Waals surface area contributed by atoms with E-state index < -0.39 is 0 Å². The lowest BCUT2D eigenvalue weighted by Crippen LogP contribution is -2.27. The third kappa shape index (κ3) is 4.44. The molecule has 6 nitrogen and oxygen atoms in total. The van der Waals surface area contributed by atoms with E-state index >= 15 is 0 Å². The smallest absolute Gasteiger partial charge is 0.163 e. The van der Waals surface area contributed by atoms with E-state index in [9.17, 15) is 4.79 Å². The zero-order valence-corrected chi connectivity index (χ0v) is 20.3.